The summed E-state index contributed by atoms with van der Waals surface area (Å²) in [5.41, 5.74) is 6.96. The predicted molar refractivity (Wildman–Crippen MR) is 113 cm³/mol. The molecule has 1 N–H and O–H groups in total. The van der Waals surface area contributed by atoms with Crippen LogP contribution in [0.25, 0.3) is 16.8 Å². The molecule has 0 aliphatic carbocycles. The van der Waals surface area contributed by atoms with Crippen LogP contribution in [0.15, 0.2) is 54.7 Å². The molecule has 0 bridgehead atoms. The van der Waals surface area contributed by atoms with E-state index in [1.165, 1.54) is 22.3 Å². The van der Waals surface area contributed by atoms with E-state index in [2.05, 4.69) is 45.7 Å². The van der Waals surface area contributed by atoms with Crippen LogP contribution in [-0.2, 0) is 6.54 Å². The number of nitrogens with one attached hydrogen (secondary N) is 1. The van der Waals surface area contributed by atoms with Gasteiger partial charge < -0.3 is 5.32 Å². The van der Waals surface area contributed by atoms with Gasteiger partial charge in [0.15, 0.2) is 5.65 Å². The highest BCUT2D eigenvalue weighted by Gasteiger charge is 2.22. The van der Waals surface area contributed by atoms with Crippen LogP contribution >= 0.6 is 23.2 Å². The first kappa shape index (κ1) is 17.7. The Labute approximate surface area is 173 Å². The molecule has 140 valence electrons. The Morgan fingerprint density at radius 2 is 1.86 bits per heavy atom. The standard InChI is InChI=1S/C22H18Cl2N4/c1-13-26-22-7-4-16(12-28(22)27-13)14-2-5-18-17(8-14)10-25-11-19(18)15-3-6-20(23)21(24)9-15/h2-9,12,19,25H,10-11H2,1H3. The maximum atomic E-state index is 6.25. The summed E-state index contributed by atoms with van der Waals surface area (Å²) in [7, 11) is 0. The fourth-order valence-corrected chi connectivity index (χ4v) is 4.24. The number of hydrogen-bond acceptors (Lipinski definition) is 3. The summed E-state index contributed by atoms with van der Waals surface area (Å²) < 4.78 is 1.83. The molecule has 2 aromatic carbocycles. The van der Waals surface area contributed by atoms with Gasteiger partial charge in [-0.2, -0.15) is 5.10 Å². The molecule has 4 nitrogen and oxygen atoms in total. The topological polar surface area (TPSA) is 42.2 Å². The monoisotopic (exact) mass is 408 g/mol. The first-order valence-corrected chi connectivity index (χ1v) is 9.96. The Kier molecular flexibility index (Phi) is 4.35. The van der Waals surface area contributed by atoms with Gasteiger partial charge in [0.25, 0.3) is 0 Å². The van der Waals surface area contributed by atoms with E-state index in [4.69, 9.17) is 23.2 Å². The molecule has 6 heteroatoms. The van der Waals surface area contributed by atoms with E-state index in [0.717, 1.165) is 30.1 Å². The van der Waals surface area contributed by atoms with Crippen LogP contribution in [0.5, 0.6) is 0 Å². The summed E-state index contributed by atoms with van der Waals surface area (Å²) in [5, 5.41) is 9.14. The minimum absolute atomic E-state index is 0.257. The van der Waals surface area contributed by atoms with Gasteiger partial charge in [-0.1, -0.05) is 41.4 Å². The Morgan fingerprint density at radius 1 is 1.00 bits per heavy atom. The number of nitrogens with zero attached hydrogens (tertiary/aromatic N) is 3. The molecule has 3 heterocycles. The van der Waals surface area contributed by atoms with Crippen LogP contribution in [0.1, 0.15) is 28.4 Å². The highest BCUT2D eigenvalue weighted by atomic mass is 35.5. The van der Waals surface area contributed by atoms with E-state index in [0.29, 0.717) is 10.0 Å². The second-order valence-electron chi connectivity index (χ2n) is 7.15. The molecular weight excluding hydrogens is 391 g/mol. The van der Waals surface area contributed by atoms with Crippen molar-refractivity contribution in [3.05, 3.63) is 87.3 Å². The Bertz CT molecular complexity index is 1200. The van der Waals surface area contributed by atoms with Crippen molar-refractivity contribution in [1.29, 1.82) is 0 Å². The first-order valence-electron chi connectivity index (χ1n) is 9.20. The van der Waals surface area contributed by atoms with Crippen molar-refractivity contribution in [2.75, 3.05) is 6.54 Å². The van der Waals surface area contributed by atoms with E-state index in [1.54, 1.807) is 0 Å². The number of halogens is 2. The maximum absolute atomic E-state index is 6.25. The first-order chi connectivity index (χ1) is 13.6. The van der Waals surface area contributed by atoms with Crippen molar-refractivity contribution < 1.29 is 0 Å². The van der Waals surface area contributed by atoms with Gasteiger partial charge in [0.05, 0.1) is 10.0 Å². The van der Waals surface area contributed by atoms with Gasteiger partial charge in [-0.05, 0) is 59.5 Å². The third-order valence-corrected chi connectivity index (χ3v) is 6.04. The quantitative estimate of drug-likeness (QED) is 0.492. The number of benzene rings is 2. The third kappa shape index (κ3) is 3.08. The van der Waals surface area contributed by atoms with E-state index in [-0.39, 0.29) is 5.92 Å². The molecule has 4 aromatic rings. The van der Waals surface area contributed by atoms with E-state index in [1.807, 2.05) is 35.8 Å². The van der Waals surface area contributed by atoms with Crippen LogP contribution in [0.4, 0.5) is 0 Å². The molecule has 5 rings (SSSR count). The van der Waals surface area contributed by atoms with Crippen molar-refractivity contribution in [1.82, 2.24) is 19.9 Å². The summed E-state index contributed by atoms with van der Waals surface area (Å²) >= 11 is 12.3. The molecule has 0 saturated heterocycles. The summed E-state index contributed by atoms with van der Waals surface area (Å²) in [6.07, 6.45) is 2.03. The van der Waals surface area contributed by atoms with Crippen molar-refractivity contribution in [2.24, 2.45) is 0 Å². The van der Waals surface area contributed by atoms with Gasteiger partial charge in [0.1, 0.15) is 5.82 Å². The van der Waals surface area contributed by atoms with Gasteiger partial charge in [-0.25, -0.2) is 9.50 Å². The van der Waals surface area contributed by atoms with Crippen LogP contribution in [-0.4, -0.2) is 21.1 Å². The van der Waals surface area contributed by atoms with Gasteiger partial charge in [-0.3, -0.25) is 0 Å². The molecule has 0 fully saturated rings. The highest BCUT2D eigenvalue weighted by molar-refractivity contribution is 6.42. The molecule has 1 aliphatic rings. The lowest BCUT2D eigenvalue weighted by Crippen LogP contribution is -2.28. The molecular formula is C22H18Cl2N4. The van der Waals surface area contributed by atoms with Crippen LogP contribution in [0, 0.1) is 6.92 Å². The summed E-state index contributed by atoms with van der Waals surface area (Å²) in [5.74, 6) is 1.03. The molecule has 2 aromatic heterocycles. The second kappa shape index (κ2) is 6.89. The smallest absolute Gasteiger partial charge is 0.155 e. The zero-order chi connectivity index (χ0) is 19.3. The van der Waals surface area contributed by atoms with Crippen molar-refractivity contribution >= 4 is 28.8 Å². The van der Waals surface area contributed by atoms with Gasteiger partial charge >= 0.3 is 0 Å². The van der Waals surface area contributed by atoms with Crippen LogP contribution in [0.3, 0.4) is 0 Å². The molecule has 1 atom stereocenters. The lowest BCUT2D eigenvalue weighted by atomic mass is 9.84. The van der Waals surface area contributed by atoms with Gasteiger partial charge in [0.2, 0.25) is 0 Å². The Morgan fingerprint density at radius 3 is 2.71 bits per heavy atom. The lowest BCUT2D eigenvalue weighted by molar-refractivity contribution is 0.591. The highest BCUT2D eigenvalue weighted by Crippen LogP contribution is 2.35. The lowest BCUT2D eigenvalue weighted by Gasteiger charge is -2.27. The molecule has 0 spiro atoms. The number of aromatic nitrogens is 3. The average molecular weight is 409 g/mol. The molecule has 1 unspecified atom stereocenters. The molecule has 1 aliphatic heterocycles. The van der Waals surface area contributed by atoms with E-state index < -0.39 is 0 Å². The third-order valence-electron chi connectivity index (χ3n) is 5.30. The van der Waals surface area contributed by atoms with E-state index in [9.17, 15) is 0 Å². The van der Waals surface area contributed by atoms with Crippen molar-refractivity contribution in [3.8, 4) is 11.1 Å². The van der Waals surface area contributed by atoms with E-state index >= 15 is 0 Å². The fourth-order valence-electron chi connectivity index (χ4n) is 3.93. The average Bonchev–Trinajstić information content (AvgIpc) is 3.08. The maximum Gasteiger partial charge on any atom is 0.155 e. The second-order valence-corrected chi connectivity index (χ2v) is 7.96. The molecule has 0 amide bonds. The van der Waals surface area contributed by atoms with Crippen molar-refractivity contribution in [2.45, 2.75) is 19.4 Å². The van der Waals surface area contributed by atoms with Gasteiger partial charge in [0, 0.05) is 30.8 Å². The normalized spacial score (nSPS) is 16.3. The van der Waals surface area contributed by atoms with Crippen LogP contribution in [0.2, 0.25) is 10.0 Å². The van der Waals surface area contributed by atoms with Crippen LogP contribution < -0.4 is 5.32 Å². The minimum Gasteiger partial charge on any atom is -0.312 e. The zero-order valence-corrected chi connectivity index (χ0v) is 16.8. The fraction of sp³-hybridized carbons (Fsp3) is 0.182. The number of fused-ring (bicyclic) bond motifs is 2. The number of pyridine rings is 1. The summed E-state index contributed by atoms with van der Waals surface area (Å²) in [4.78, 5) is 4.40. The molecule has 0 saturated carbocycles. The summed E-state index contributed by atoms with van der Waals surface area (Å²) in [6.45, 7) is 3.64. The Hall–Kier alpha value is -2.40. The number of aryl methyl sites for hydroxylation is 1. The zero-order valence-electron chi connectivity index (χ0n) is 15.3. The Balaban J connectivity index is 1.54. The number of rotatable bonds is 2. The molecule has 0 radical (unpaired) electrons. The SMILES string of the molecule is Cc1nc2ccc(-c3ccc4c(c3)CNCC4c3ccc(Cl)c(Cl)c3)cn2n1. The largest absolute Gasteiger partial charge is 0.312 e. The minimum atomic E-state index is 0.257. The number of hydrogen-bond donors (Lipinski definition) is 1. The van der Waals surface area contributed by atoms with Crippen molar-refractivity contribution in [3.63, 3.8) is 0 Å². The molecule has 28 heavy (non-hydrogen) atoms. The predicted octanol–water partition coefficient (Wildman–Crippen LogP) is 5.25. The van der Waals surface area contributed by atoms with Gasteiger partial charge in [-0.15, -0.1) is 0 Å². The summed E-state index contributed by atoms with van der Waals surface area (Å²) in [6, 6.07) is 16.7.